The molecule has 0 aromatic heterocycles. The average molecular weight is 323 g/mol. The first-order chi connectivity index (χ1) is 11.1. The van der Waals surface area contributed by atoms with Crippen LogP contribution in [0, 0.1) is 0 Å². The van der Waals surface area contributed by atoms with Gasteiger partial charge in [-0.25, -0.2) is 4.79 Å². The summed E-state index contributed by atoms with van der Waals surface area (Å²) in [6.45, 7) is 8.17. The molecule has 0 spiro atoms. The van der Waals surface area contributed by atoms with Crippen LogP contribution < -0.4 is 5.32 Å². The van der Waals surface area contributed by atoms with E-state index in [9.17, 15) is 4.79 Å². The minimum atomic E-state index is 0.175. The minimum Gasteiger partial charge on any atom is -0.373 e. The summed E-state index contributed by atoms with van der Waals surface area (Å²) in [7, 11) is 0. The quantitative estimate of drug-likeness (QED) is 0.868. The van der Waals surface area contributed by atoms with Crippen molar-refractivity contribution < 1.29 is 9.53 Å². The lowest BCUT2D eigenvalue weighted by Gasteiger charge is -2.38. The number of rotatable bonds is 3. The van der Waals surface area contributed by atoms with Crippen molar-refractivity contribution in [2.24, 2.45) is 0 Å². The molecule has 2 amide bonds. The Labute approximate surface area is 140 Å². The van der Waals surface area contributed by atoms with Crippen LogP contribution in [-0.2, 0) is 4.74 Å². The number of hydrogen-bond donors (Lipinski definition) is 1. The number of nitrogens with zero attached hydrogens (tertiary/aromatic N) is 2. The van der Waals surface area contributed by atoms with E-state index in [1.54, 1.807) is 0 Å². The predicted molar refractivity (Wildman–Crippen MR) is 91.6 cm³/mol. The largest absolute Gasteiger partial charge is 0.373 e. The van der Waals surface area contributed by atoms with E-state index >= 15 is 0 Å². The lowest BCUT2D eigenvalue weighted by Crippen LogP contribution is -2.53. The Balaban J connectivity index is 1.51. The Bertz CT molecular complexity index is 388. The highest BCUT2D eigenvalue weighted by Crippen LogP contribution is 2.22. The summed E-state index contributed by atoms with van der Waals surface area (Å²) in [6, 6.07) is 0.950. The summed E-state index contributed by atoms with van der Waals surface area (Å²) < 4.78 is 5.82. The van der Waals surface area contributed by atoms with Crippen LogP contribution in [0.1, 0.15) is 58.8 Å². The minimum absolute atomic E-state index is 0.175. The third-order valence-corrected chi connectivity index (χ3v) is 5.53. The maximum atomic E-state index is 12.7. The zero-order valence-electron chi connectivity index (χ0n) is 14.8. The van der Waals surface area contributed by atoms with Gasteiger partial charge < -0.3 is 15.0 Å². The molecule has 1 N–H and O–H groups in total. The molecule has 3 aliphatic rings. The highest BCUT2D eigenvalue weighted by Gasteiger charge is 2.33. The molecule has 3 fully saturated rings. The molecular formula is C18H33N3O2. The van der Waals surface area contributed by atoms with E-state index in [0.29, 0.717) is 24.3 Å². The second-order valence-corrected chi connectivity index (χ2v) is 7.75. The number of ether oxygens (including phenoxy) is 1. The van der Waals surface area contributed by atoms with Crippen molar-refractivity contribution in [3.63, 3.8) is 0 Å². The van der Waals surface area contributed by atoms with Gasteiger partial charge in [-0.2, -0.15) is 0 Å². The van der Waals surface area contributed by atoms with E-state index in [1.165, 1.54) is 19.3 Å². The topological polar surface area (TPSA) is 44.8 Å². The first-order valence-corrected chi connectivity index (χ1v) is 9.57. The summed E-state index contributed by atoms with van der Waals surface area (Å²) in [5, 5.41) is 3.29. The number of amides is 2. The normalized spacial score (nSPS) is 33.8. The van der Waals surface area contributed by atoms with E-state index in [4.69, 9.17) is 4.74 Å². The lowest BCUT2D eigenvalue weighted by molar-refractivity contribution is -0.0713. The number of carbonyl (C=O) groups excluding carboxylic acids is 1. The van der Waals surface area contributed by atoms with Crippen molar-refractivity contribution in [1.29, 1.82) is 0 Å². The maximum Gasteiger partial charge on any atom is 0.317 e. The molecular weight excluding hydrogens is 290 g/mol. The molecule has 3 rings (SSSR count). The maximum absolute atomic E-state index is 12.7. The highest BCUT2D eigenvalue weighted by molar-refractivity contribution is 5.75. The third-order valence-electron chi connectivity index (χ3n) is 5.53. The second kappa shape index (κ2) is 7.84. The molecule has 1 aliphatic carbocycles. The smallest absolute Gasteiger partial charge is 0.317 e. The van der Waals surface area contributed by atoms with Crippen molar-refractivity contribution in [2.45, 2.75) is 83.1 Å². The van der Waals surface area contributed by atoms with Gasteiger partial charge in [0, 0.05) is 38.3 Å². The molecule has 3 atom stereocenters. The predicted octanol–water partition coefficient (Wildman–Crippen LogP) is 2.60. The van der Waals surface area contributed by atoms with Gasteiger partial charge in [0.05, 0.1) is 12.2 Å². The zero-order chi connectivity index (χ0) is 16.2. The van der Waals surface area contributed by atoms with Gasteiger partial charge >= 0.3 is 6.03 Å². The molecule has 0 unspecified atom stereocenters. The number of urea groups is 1. The van der Waals surface area contributed by atoms with E-state index < -0.39 is 0 Å². The van der Waals surface area contributed by atoms with Crippen LogP contribution in [0.2, 0.25) is 0 Å². The second-order valence-electron chi connectivity index (χ2n) is 7.75. The summed E-state index contributed by atoms with van der Waals surface area (Å²) in [5.74, 6) is 0. The Morgan fingerprint density at radius 2 is 1.74 bits per heavy atom. The van der Waals surface area contributed by atoms with Crippen molar-refractivity contribution >= 4 is 6.03 Å². The van der Waals surface area contributed by atoms with Crippen LogP contribution >= 0.6 is 0 Å². The molecule has 0 bridgehead atoms. The van der Waals surface area contributed by atoms with E-state index in [2.05, 4.69) is 29.0 Å². The van der Waals surface area contributed by atoms with Gasteiger partial charge in [-0.3, -0.25) is 4.90 Å². The molecule has 1 saturated carbocycles. The van der Waals surface area contributed by atoms with Gasteiger partial charge in [-0.15, -0.1) is 0 Å². The number of hydrogen-bond acceptors (Lipinski definition) is 3. The van der Waals surface area contributed by atoms with Crippen LogP contribution in [0.25, 0.3) is 0 Å². The SMILES string of the molecule is C[C@@H]1CN(C[C@@H]2CCCN2C(=O)NC2CCCCC2)C[C@@H](C)O1. The molecule has 0 aromatic carbocycles. The Morgan fingerprint density at radius 1 is 1.04 bits per heavy atom. The molecule has 0 radical (unpaired) electrons. The van der Waals surface area contributed by atoms with E-state index in [0.717, 1.165) is 51.9 Å². The van der Waals surface area contributed by atoms with Crippen LogP contribution in [0.5, 0.6) is 0 Å². The van der Waals surface area contributed by atoms with E-state index in [1.807, 2.05) is 0 Å². The van der Waals surface area contributed by atoms with Crippen molar-refractivity contribution in [2.75, 3.05) is 26.2 Å². The number of carbonyl (C=O) groups is 1. The zero-order valence-corrected chi connectivity index (χ0v) is 14.8. The molecule has 5 heteroatoms. The van der Waals surface area contributed by atoms with Gasteiger partial charge in [0.1, 0.15) is 0 Å². The fraction of sp³-hybridized carbons (Fsp3) is 0.944. The molecule has 23 heavy (non-hydrogen) atoms. The van der Waals surface area contributed by atoms with Crippen LogP contribution in [-0.4, -0.2) is 66.3 Å². The average Bonchev–Trinajstić information content (AvgIpc) is 2.95. The standard InChI is InChI=1S/C18H33N3O2/c1-14-11-20(12-15(2)23-14)13-17-9-6-10-21(17)18(22)19-16-7-4-3-5-8-16/h14-17H,3-13H2,1-2H3,(H,19,22)/t14-,15-,17+/m1/s1. The van der Waals surface area contributed by atoms with Crippen molar-refractivity contribution in [3.05, 3.63) is 0 Å². The molecule has 2 heterocycles. The van der Waals surface area contributed by atoms with Crippen LogP contribution in [0.15, 0.2) is 0 Å². The van der Waals surface area contributed by atoms with Crippen molar-refractivity contribution in [3.8, 4) is 0 Å². The van der Waals surface area contributed by atoms with Gasteiger partial charge in [0.2, 0.25) is 0 Å². The summed E-state index contributed by atoms with van der Waals surface area (Å²) >= 11 is 0. The van der Waals surface area contributed by atoms with Gasteiger partial charge in [0.15, 0.2) is 0 Å². The van der Waals surface area contributed by atoms with Crippen molar-refractivity contribution in [1.82, 2.24) is 15.1 Å². The summed E-state index contributed by atoms with van der Waals surface area (Å²) in [4.78, 5) is 17.2. The van der Waals surface area contributed by atoms with E-state index in [-0.39, 0.29) is 6.03 Å². The van der Waals surface area contributed by atoms with Crippen LogP contribution in [0.4, 0.5) is 4.79 Å². The first kappa shape index (κ1) is 17.0. The molecule has 0 aromatic rings. The third kappa shape index (κ3) is 4.60. The highest BCUT2D eigenvalue weighted by atomic mass is 16.5. The summed E-state index contributed by atoms with van der Waals surface area (Å²) in [6.07, 6.45) is 9.03. The Kier molecular flexibility index (Phi) is 5.81. The number of likely N-dealkylation sites (tertiary alicyclic amines) is 1. The first-order valence-electron chi connectivity index (χ1n) is 9.57. The fourth-order valence-corrected chi connectivity index (χ4v) is 4.53. The Hall–Kier alpha value is -0.810. The molecule has 2 saturated heterocycles. The van der Waals surface area contributed by atoms with Crippen LogP contribution in [0.3, 0.4) is 0 Å². The lowest BCUT2D eigenvalue weighted by atomic mass is 9.96. The monoisotopic (exact) mass is 323 g/mol. The number of nitrogens with one attached hydrogen (secondary N) is 1. The van der Waals surface area contributed by atoms with Gasteiger partial charge in [-0.05, 0) is 39.5 Å². The van der Waals surface area contributed by atoms with Gasteiger partial charge in [0.25, 0.3) is 0 Å². The molecule has 132 valence electrons. The molecule has 5 nitrogen and oxygen atoms in total. The summed E-state index contributed by atoms with van der Waals surface area (Å²) in [5.41, 5.74) is 0. The Morgan fingerprint density at radius 3 is 2.43 bits per heavy atom. The fourth-order valence-electron chi connectivity index (χ4n) is 4.53. The van der Waals surface area contributed by atoms with Gasteiger partial charge in [-0.1, -0.05) is 19.3 Å². The number of morpholine rings is 1. The molecule has 2 aliphatic heterocycles.